The Balaban J connectivity index is 1.48. The number of carbonyl (C=O) groups excluding carboxylic acids is 2. The lowest BCUT2D eigenvalue weighted by Gasteiger charge is -2.21. The van der Waals surface area contributed by atoms with Crippen LogP contribution in [0.25, 0.3) is 6.08 Å². The van der Waals surface area contributed by atoms with Crippen LogP contribution in [-0.4, -0.2) is 31.2 Å². The quantitative estimate of drug-likeness (QED) is 0.124. The first-order chi connectivity index (χ1) is 21.5. The van der Waals surface area contributed by atoms with Gasteiger partial charge in [0.25, 0.3) is 5.91 Å². The van der Waals surface area contributed by atoms with Gasteiger partial charge in [0, 0.05) is 27.4 Å². The maximum absolute atomic E-state index is 13.8. The molecule has 1 aliphatic heterocycles. The van der Waals surface area contributed by atoms with E-state index in [1.165, 1.54) is 15.3 Å². The molecule has 4 aromatic rings. The Kier molecular flexibility index (Phi) is 9.79. The van der Waals surface area contributed by atoms with Crippen LogP contribution >= 0.6 is 27.5 Å². The fourth-order valence-corrected chi connectivity index (χ4v) is 6.72. The molecule has 0 N–H and O–H groups in total. The zero-order valence-electron chi connectivity index (χ0n) is 24.8. The standard InChI is InChI=1S/C34H30BrClN2O6S/c1-4-43-34(40)32-23(3)38(27-13-9-25(35)10-14-27)33(39)31(32)19-28-15-16-29(44-28)21-37(20-24-7-11-26(36)12-8-24)45(41,42)30-17-5-22(2)6-18-30/h5-19H,4,20-21H2,1-3H3/b31-19+. The van der Waals surface area contributed by atoms with Crippen LogP contribution in [0.15, 0.2) is 116 Å². The predicted octanol–water partition coefficient (Wildman–Crippen LogP) is 7.66. The van der Waals surface area contributed by atoms with E-state index in [0.29, 0.717) is 22.2 Å². The minimum atomic E-state index is -3.93. The van der Waals surface area contributed by atoms with Crippen molar-refractivity contribution in [2.24, 2.45) is 0 Å². The number of halogens is 2. The third kappa shape index (κ3) is 7.15. The van der Waals surface area contributed by atoms with Gasteiger partial charge >= 0.3 is 5.97 Å². The average molecular weight is 710 g/mol. The molecular formula is C34H30BrClN2O6S. The minimum Gasteiger partial charge on any atom is -0.462 e. The number of carbonyl (C=O) groups is 2. The van der Waals surface area contributed by atoms with E-state index in [2.05, 4.69) is 15.9 Å². The summed E-state index contributed by atoms with van der Waals surface area (Å²) in [5.74, 6) is -0.415. The monoisotopic (exact) mass is 708 g/mol. The fraction of sp³-hybridized carbons (Fsp3) is 0.176. The molecule has 232 valence electrons. The number of furan rings is 1. The second-order valence-electron chi connectivity index (χ2n) is 10.4. The third-order valence-electron chi connectivity index (χ3n) is 7.20. The van der Waals surface area contributed by atoms with Crippen molar-refractivity contribution in [3.63, 3.8) is 0 Å². The summed E-state index contributed by atoms with van der Waals surface area (Å²) in [5.41, 5.74) is 2.94. The van der Waals surface area contributed by atoms with Crippen LogP contribution in [-0.2, 0) is 37.4 Å². The second-order valence-corrected chi connectivity index (χ2v) is 13.7. The van der Waals surface area contributed by atoms with Gasteiger partial charge in [-0.25, -0.2) is 13.2 Å². The van der Waals surface area contributed by atoms with Crippen molar-refractivity contribution in [1.82, 2.24) is 4.31 Å². The van der Waals surface area contributed by atoms with Gasteiger partial charge in [0.05, 0.1) is 29.2 Å². The summed E-state index contributed by atoms with van der Waals surface area (Å²) in [6.45, 7) is 5.39. The molecule has 0 atom stereocenters. The molecule has 0 spiro atoms. The fourth-order valence-electron chi connectivity index (χ4n) is 4.93. The van der Waals surface area contributed by atoms with Gasteiger partial charge in [-0.05, 0) is 93.1 Å². The van der Waals surface area contributed by atoms with Crippen molar-refractivity contribution in [1.29, 1.82) is 0 Å². The Morgan fingerprint density at radius 2 is 1.62 bits per heavy atom. The molecule has 0 saturated carbocycles. The number of amides is 1. The first kappa shape index (κ1) is 32.4. The summed E-state index contributed by atoms with van der Waals surface area (Å²) in [6.07, 6.45) is 1.48. The number of ether oxygens (including phenoxy) is 1. The van der Waals surface area contributed by atoms with Crippen molar-refractivity contribution in [2.45, 2.75) is 38.8 Å². The number of rotatable bonds is 10. The van der Waals surface area contributed by atoms with Gasteiger partial charge in [-0.2, -0.15) is 4.31 Å². The minimum absolute atomic E-state index is 0.0695. The Morgan fingerprint density at radius 3 is 2.27 bits per heavy atom. The summed E-state index contributed by atoms with van der Waals surface area (Å²) >= 11 is 9.46. The highest BCUT2D eigenvalue weighted by molar-refractivity contribution is 9.10. The zero-order valence-corrected chi connectivity index (χ0v) is 27.9. The van der Waals surface area contributed by atoms with E-state index in [1.807, 2.05) is 6.92 Å². The maximum Gasteiger partial charge on any atom is 0.340 e. The highest BCUT2D eigenvalue weighted by Gasteiger charge is 2.38. The molecule has 0 fully saturated rings. The third-order valence-corrected chi connectivity index (χ3v) is 9.78. The molecule has 11 heteroatoms. The van der Waals surface area contributed by atoms with Gasteiger partial charge in [0.2, 0.25) is 10.0 Å². The van der Waals surface area contributed by atoms with E-state index in [1.54, 1.807) is 98.8 Å². The van der Waals surface area contributed by atoms with Gasteiger partial charge in [0.15, 0.2) is 0 Å². The number of allylic oxidation sites excluding steroid dienone is 1. The first-order valence-electron chi connectivity index (χ1n) is 14.1. The summed E-state index contributed by atoms with van der Waals surface area (Å²) in [7, 11) is -3.93. The van der Waals surface area contributed by atoms with Gasteiger partial charge in [0.1, 0.15) is 11.5 Å². The Labute approximate surface area is 275 Å². The Bertz CT molecular complexity index is 1900. The molecule has 3 aromatic carbocycles. The number of aryl methyl sites for hydroxylation is 1. The summed E-state index contributed by atoms with van der Waals surface area (Å²) in [4.78, 5) is 28.3. The van der Waals surface area contributed by atoms with Crippen molar-refractivity contribution in [3.8, 4) is 0 Å². The zero-order chi connectivity index (χ0) is 32.3. The topological polar surface area (TPSA) is 97.1 Å². The molecule has 1 aliphatic rings. The number of anilines is 1. The SMILES string of the molecule is CCOC(=O)C1=C(C)N(c2ccc(Br)cc2)C(=O)/C1=C/c1ccc(CN(Cc2ccc(Cl)cc2)S(=O)(=O)c2ccc(C)cc2)o1. The number of esters is 1. The maximum atomic E-state index is 13.8. The Hall–Kier alpha value is -3.96. The molecule has 1 aromatic heterocycles. The van der Waals surface area contributed by atoms with Gasteiger partial charge in [-0.3, -0.25) is 9.69 Å². The van der Waals surface area contributed by atoms with Crippen LogP contribution in [0.2, 0.25) is 5.02 Å². The highest BCUT2D eigenvalue weighted by atomic mass is 79.9. The van der Waals surface area contributed by atoms with E-state index in [-0.39, 0.29) is 41.5 Å². The molecule has 5 rings (SSSR count). The molecule has 0 aliphatic carbocycles. The number of hydrogen-bond acceptors (Lipinski definition) is 6. The van der Waals surface area contributed by atoms with Crippen molar-refractivity contribution in [2.75, 3.05) is 11.5 Å². The summed E-state index contributed by atoms with van der Waals surface area (Å²) in [5, 5.41) is 0.544. The second kappa shape index (κ2) is 13.6. The molecule has 0 radical (unpaired) electrons. The molecule has 45 heavy (non-hydrogen) atoms. The lowest BCUT2D eigenvalue weighted by molar-refractivity contribution is -0.138. The molecule has 0 unspecified atom stereocenters. The molecule has 0 saturated heterocycles. The van der Waals surface area contributed by atoms with Crippen LogP contribution < -0.4 is 4.90 Å². The van der Waals surface area contributed by atoms with Gasteiger partial charge < -0.3 is 9.15 Å². The molecule has 8 nitrogen and oxygen atoms in total. The Morgan fingerprint density at radius 1 is 0.956 bits per heavy atom. The number of sulfonamides is 1. The van der Waals surface area contributed by atoms with E-state index in [4.69, 9.17) is 20.8 Å². The van der Waals surface area contributed by atoms with Crippen LogP contribution in [0.3, 0.4) is 0 Å². The van der Waals surface area contributed by atoms with Crippen molar-refractivity contribution < 1.29 is 27.2 Å². The van der Waals surface area contributed by atoms with E-state index < -0.39 is 21.9 Å². The normalized spacial score (nSPS) is 14.6. The molecule has 2 heterocycles. The number of hydrogen-bond donors (Lipinski definition) is 0. The lowest BCUT2D eigenvalue weighted by atomic mass is 10.1. The highest BCUT2D eigenvalue weighted by Crippen LogP contribution is 2.36. The summed E-state index contributed by atoms with van der Waals surface area (Å²) in [6, 6.07) is 24.0. The smallest absolute Gasteiger partial charge is 0.340 e. The largest absolute Gasteiger partial charge is 0.462 e. The van der Waals surface area contributed by atoms with Crippen molar-refractivity contribution in [3.05, 3.63) is 134 Å². The van der Waals surface area contributed by atoms with Crippen LogP contribution in [0.4, 0.5) is 5.69 Å². The molecular weight excluding hydrogens is 680 g/mol. The van der Waals surface area contributed by atoms with Crippen LogP contribution in [0, 0.1) is 6.92 Å². The number of benzene rings is 3. The van der Waals surface area contributed by atoms with Crippen molar-refractivity contribution >= 4 is 61.2 Å². The van der Waals surface area contributed by atoms with Gasteiger partial charge in [-0.15, -0.1) is 0 Å². The first-order valence-corrected chi connectivity index (χ1v) is 16.7. The summed E-state index contributed by atoms with van der Waals surface area (Å²) < 4.78 is 41.1. The number of nitrogens with zero attached hydrogens (tertiary/aromatic N) is 2. The predicted molar refractivity (Wildman–Crippen MR) is 177 cm³/mol. The van der Waals surface area contributed by atoms with E-state index in [9.17, 15) is 18.0 Å². The lowest BCUT2D eigenvalue weighted by Crippen LogP contribution is -2.30. The van der Waals surface area contributed by atoms with E-state index in [0.717, 1.165) is 15.6 Å². The van der Waals surface area contributed by atoms with E-state index >= 15 is 0 Å². The molecule has 0 bridgehead atoms. The van der Waals surface area contributed by atoms with Crippen LogP contribution in [0.1, 0.15) is 36.5 Å². The average Bonchev–Trinajstić information content (AvgIpc) is 3.55. The van der Waals surface area contributed by atoms with Gasteiger partial charge in [-0.1, -0.05) is 57.4 Å². The van der Waals surface area contributed by atoms with Crippen LogP contribution in [0.5, 0.6) is 0 Å². The molecule has 1 amide bonds.